The summed E-state index contributed by atoms with van der Waals surface area (Å²) in [4.78, 5) is 0. The highest BCUT2D eigenvalue weighted by molar-refractivity contribution is 4.55. The third kappa shape index (κ3) is 28.2. The molecule has 34 heavy (non-hydrogen) atoms. The number of hydrogen-bond donors (Lipinski definition) is 0. The van der Waals surface area contributed by atoms with Gasteiger partial charge in [0.25, 0.3) is 0 Å². The molecule has 0 aromatic carbocycles. The van der Waals surface area contributed by atoms with E-state index >= 15 is 0 Å². The maximum Gasteiger partial charge on any atom is 0.0805 e. The van der Waals surface area contributed by atoms with Crippen molar-refractivity contribution in [2.45, 2.75) is 187 Å². The monoisotopic (exact) mass is 483 g/mol. The third-order valence-electron chi connectivity index (χ3n) is 7.25. The summed E-state index contributed by atoms with van der Waals surface area (Å²) in [6.45, 7) is 9.42. The van der Waals surface area contributed by atoms with Gasteiger partial charge in [-0.1, -0.05) is 162 Å². The second-order valence-electron chi connectivity index (χ2n) is 10.8. The number of ether oxygens (including phenoxy) is 2. The molecule has 0 saturated carbocycles. The van der Waals surface area contributed by atoms with E-state index in [1.54, 1.807) is 0 Å². The highest BCUT2D eigenvalue weighted by Crippen LogP contribution is 2.13. The van der Waals surface area contributed by atoms with Gasteiger partial charge in [0.05, 0.1) is 12.7 Å². The van der Waals surface area contributed by atoms with Gasteiger partial charge in [-0.15, -0.1) is 0 Å². The lowest BCUT2D eigenvalue weighted by atomic mass is 10.1. The minimum atomic E-state index is 0.296. The average Bonchev–Trinajstić information content (AvgIpc) is 2.85. The molecule has 2 heteroatoms. The van der Waals surface area contributed by atoms with Crippen LogP contribution in [0.25, 0.3) is 0 Å². The molecule has 0 heterocycles. The van der Waals surface area contributed by atoms with E-state index in [-0.39, 0.29) is 0 Å². The summed E-state index contributed by atoms with van der Waals surface area (Å²) < 4.78 is 12.0. The van der Waals surface area contributed by atoms with Crippen LogP contribution in [0, 0.1) is 0 Å². The Labute approximate surface area is 216 Å². The Bertz CT molecular complexity index is 344. The first-order valence-corrected chi connectivity index (χ1v) is 16.0. The molecular formula is C32H66O2. The molecule has 0 saturated heterocycles. The smallest absolute Gasteiger partial charge is 0.0805 e. The Morgan fingerprint density at radius 1 is 0.382 bits per heavy atom. The minimum absolute atomic E-state index is 0.296. The molecule has 0 rings (SSSR count). The van der Waals surface area contributed by atoms with Crippen LogP contribution in [0.5, 0.6) is 0 Å². The Morgan fingerprint density at radius 3 is 1.06 bits per heavy atom. The lowest BCUT2D eigenvalue weighted by molar-refractivity contribution is -0.0200. The van der Waals surface area contributed by atoms with Gasteiger partial charge >= 0.3 is 0 Å². The van der Waals surface area contributed by atoms with E-state index in [1.807, 2.05) is 0 Å². The molecule has 2 nitrogen and oxygen atoms in total. The van der Waals surface area contributed by atoms with Crippen LogP contribution in [0.1, 0.15) is 181 Å². The molecule has 0 bridgehead atoms. The molecule has 0 aliphatic heterocycles. The predicted octanol–water partition coefficient (Wildman–Crippen LogP) is 11.2. The minimum Gasteiger partial charge on any atom is -0.379 e. The van der Waals surface area contributed by atoms with Gasteiger partial charge in [-0.3, -0.25) is 0 Å². The molecule has 0 fully saturated rings. The van der Waals surface area contributed by atoms with Crippen LogP contribution in [-0.4, -0.2) is 25.9 Å². The Hall–Kier alpha value is -0.0800. The van der Waals surface area contributed by atoms with Crippen LogP contribution in [0.4, 0.5) is 0 Å². The van der Waals surface area contributed by atoms with Gasteiger partial charge in [0.1, 0.15) is 0 Å². The zero-order valence-electron chi connectivity index (χ0n) is 24.2. The van der Waals surface area contributed by atoms with Gasteiger partial charge in [-0.05, 0) is 19.3 Å². The lowest BCUT2D eigenvalue weighted by Gasteiger charge is -2.16. The van der Waals surface area contributed by atoms with Crippen molar-refractivity contribution in [3.63, 3.8) is 0 Å². The topological polar surface area (TPSA) is 18.5 Å². The van der Waals surface area contributed by atoms with Gasteiger partial charge in [0.15, 0.2) is 0 Å². The van der Waals surface area contributed by atoms with Crippen molar-refractivity contribution in [2.75, 3.05) is 19.8 Å². The van der Waals surface area contributed by atoms with Crippen molar-refractivity contribution < 1.29 is 9.47 Å². The summed E-state index contributed by atoms with van der Waals surface area (Å²) in [6, 6.07) is 0. The summed E-state index contributed by atoms with van der Waals surface area (Å²) in [5.74, 6) is 0. The highest BCUT2D eigenvalue weighted by atomic mass is 16.5. The normalized spacial score (nSPS) is 12.4. The maximum absolute atomic E-state index is 6.07. The molecule has 0 unspecified atom stereocenters. The summed E-state index contributed by atoms with van der Waals surface area (Å²) >= 11 is 0. The van der Waals surface area contributed by atoms with Crippen molar-refractivity contribution in [3.05, 3.63) is 0 Å². The summed E-state index contributed by atoms with van der Waals surface area (Å²) in [5, 5.41) is 0. The first kappa shape index (κ1) is 33.9. The molecule has 0 aromatic heterocycles. The fourth-order valence-electron chi connectivity index (χ4n) is 4.74. The van der Waals surface area contributed by atoms with Gasteiger partial charge in [0.2, 0.25) is 0 Å². The summed E-state index contributed by atoms with van der Waals surface area (Å²) in [7, 11) is 0. The van der Waals surface area contributed by atoms with Crippen molar-refractivity contribution in [1.82, 2.24) is 0 Å². The molecule has 0 spiro atoms. The van der Waals surface area contributed by atoms with E-state index in [0.717, 1.165) is 26.2 Å². The molecule has 0 aliphatic rings. The predicted molar refractivity (Wildman–Crippen MR) is 153 cm³/mol. The van der Waals surface area contributed by atoms with E-state index in [4.69, 9.17) is 9.47 Å². The van der Waals surface area contributed by atoms with Crippen molar-refractivity contribution in [3.8, 4) is 0 Å². The van der Waals surface area contributed by atoms with Crippen LogP contribution >= 0.6 is 0 Å². The Kier molecular flexibility index (Phi) is 30.9. The molecule has 0 aliphatic carbocycles. The van der Waals surface area contributed by atoms with Crippen LogP contribution in [0.2, 0.25) is 0 Å². The zero-order chi connectivity index (χ0) is 24.8. The number of hydrogen-bond acceptors (Lipinski definition) is 2. The highest BCUT2D eigenvalue weighted by Gasteiger charge is 2.06. The average molecular weight is 483 g/mol. The van der Waals surface area contributed by atoms with E-state index < -0.39 is 0 Å². The van der Waals surface area contributed by atoms with Gasteiger partial charge in [-0.2, -0.15) is 0 Å². The van der Waals surface area contributed by atoms with Crippen molar-refractivity contribution >= 4 is 0 Å². The van der Waals surface area contributed by atoms with Crippen molar-refractivity contribution in [2.24, 2.45) is 0 Å². The van der Waals surface area contributed by atoms with E-state index in [2.05, 4.69) is 20.8 Å². The van der Waals surface area contributed by atoms with Crippen molar-refractivity contribution in [1.29, 1.82) is 0 Å². The molecular weight excluding hydrogens is 416 g/mol. The second-order valence-corrected chi connectivity index (χ2v) is 10.8. The van der Waals surface area contributed by atoms with E-state index in [9.17, 15) is 0 Å². The number of rotatable bonds is 30. The second kappa shape index (κ2) is 31.0. The first-order valence-electron chi connectivity index (χ1n) is 16.0. The maximum atomic E-state index is 6.07. The fourth-order valence-corrected chi connectivity index (χ4v) is 4.74. The lowest BCUT2D eigenvalue weighted by Crippen LogP contribution is -2.20. The summed E-state index contributed by atoms with van der Waals surface area (Å²) in [5.41, 5.74) is 0. The van der Waals surface area contributed by atoms with Gasteiger partial charge in [0, 0.05) is 13.2 Å². The van der Waals surface area contributed by atoms with E-state index in [0.29, 0.717) is 6.10 Å². The summed E-state index contributed by atoms with van der Waals surface area (Å²) in [6.07, 6.45) is 34.9. The van der Waals surface area contributed by atoms with Crippen LogP contribution in [0.3, 0.4) is 0 Å². The third-order valence-corrected chi connectivity index (χ3v) is 7.25. The first-order chi connectivity index (χ1) is 16.8. The molecule has 1 atom stereocenters. The standard InChI is InChI=1S/C32H66O2/c1-4-7-9-11-13-15-17-19-21-23-25-27-29-33-31-32(6-3)34-30-28-26-24-22-20-18-16-14-12-10-8-5-2/h32H,4-31H2,1-3H3/t32-/m0/s1. The zero-order valence-corrected chi connectivity index (χ0v) is 24.2. The van der Waals surface area contributed by atoms with Crippen LogP contribution < -0.4 is 0 Å². The molecule has 0 amide bonds. The quantitative estimate of drug-likeness (QED) is 0.0947. The number of unbranched alkanes of at least 4 members (excludes halogenated alkanes) is 22. The molecule has 0 radical (unpaired) electrons. The molecule has 0 N–H and O–H groups in total. The van der Waals surface area contributed by atoms with Gasteiger partial charge in [-0.25, -0.2) is 0 Å². The van der Waals surface area contributed by atoms with Gasteiger partial charge < -0.3 is 9.47 Å². The molecule has 206 valence electrons. The molecule has 0 aromatic rings. The van der Waals surface area contributed by atoms with Crippen LogP contribution in [-0.2, 0) is 9.47 Å². The largest absolute Gasteiger partial charge is 0.379 e. The van der Waals surface area contributed by atoms with Crippen LogP contribution in [0.15, 0.2) is 0 Å². The van der Waals surface area contributed by atoms with E-state index in [1.165, 1.54) is 154 Å². The Balaban J connectivity index is 3.26. The Morgan fingerprint density at radius 2 is 0.706 bits per heavy atom. The SMILES string of the molecule is CCCCCCCCCCCCCCOC[C@H](CC)OCCCCCCCCCCCCCC. The fraction of sp³-hybridized carbons (Fsp3) is 1.00.